The quantitative estimate of drug-likeness (QED) is 0.825. The molecule has 1 aromatic rings. The van der Waals surface area contributed by atoms with Crippen LogP contribution in [0.15, 0.2) is 12.1 Å². The van der Waals surface area contributed by atoms with Crippen molar-refractivity contribution in [3.63, 3.8) is 0 Å². The first-order chi connectivity index (χ1) is 8.56. The van der Waals surface area contributed by atoms with Crippen molar-refractivity contribution in [2.75, 3.05) is 19.7 Å². The molecule has 0 radical (unpaired) electrons. The minimum atomic E-state index is 0.0202. The Bertz CT molecular complexity index is 409. The molecule has 2 heterocycles. The van der Waals surface area contributed by atoms with E-state index in [1.165, 1.54) is 0 Å². The molecule has 2 rings (SSSR count). The number of nitrogens with two attached hydrogens (primary N) is 1. The van der Waals surface area contributed by atoms with Gasteiger partial charge >= 0.3 is 0 Å². The summed E-state index contributed by atoms with van der Waals surface area (Å²) in [5, 5.41) is 9.80. The van der Waals surface area contributed by atoms with E-state index in [4.69, 9.17) is 10.5 Å². The minimum absolute atomic E-state index is 0.0202. The summed E-state index contributed by atoms with van der Waals surface area (Å²) >= 11 is 0. The summed E-state index contributed by atoms with van der Waals surface area (Å²) in [4.78, 5) is 6.59. The van der Waals surface area contributed by atoms with E-state index in [2.05, 4.69) is 9.88 Å². The summed E-state index contributed by atoms with van der Waals surface area (Å²) in [5.41, 5.74) is 7.50. The first-order valence-corrected chi connectivity index (χ1v) is 6.31. The van der Waals surface area contributed by atoms with Crippen LogP contribution in [0.4, 0.5) is 0 Å². The highest BCUT2D eigenvalue weighted by Gasteiger charge is 2.24. The molecule has 1 saturated heterocycles. The van der Waals surface area contributed by atoms with Crippen molar-refractivity contribution in [2.24, 2.45) is 5.73 Å². The molecule has 1 aliphatic heterocycles. The predicted molar refractivity (Wildman–Crippen MR) is 69.3 cm³/mol. The van der Waals surface area contributed by atoms with Crippen LogP contribution in [0.1, 0.15) is 18.3 Å². The number of aryl methyl sites for hydroxylation is 1. The van der Waals surface area contributed by atoms with Gasteiger partial charge in [-0.05, 0) is 26.0 Å². The van der Waals surface area contributed by atoms with Crippen molar-refractivity contribution >= 4 is 0 Å². The van der Waals surface area contributed by atoms with Crippen LogP contribution >= 0.6 is 0 Å². The Morgan fingerprint density at radius 2 is 2.39 bits per heavy atom. The molecule has 2 unspecified atom stereocenters. The number of hydrogen-bond donors (Lipinski definition) is 2. The molecule has 0 aromatic carbocycles. The average molecular weight is 251 g/mol. The molecule has 18 heavy (non-hydrogen) atoms. The minimum Gasteiger partial charge on any atom is -0.506 e. The molecule has 5 nitrogen and oxygen atoms in total. The smallest absolute Gasteiger partial charge is 0.138 e. The van der Waals surface area contributed by atoms with E-state index in [0.29, 0.717) is 13.2 Å². The van der Waals surface area contributed by atoms with Crippen LogP contribution in [-0.2, 0) is 11.3 Å². The van der Waals surface area contributed by atoms with Crippen molar-refractivity contribution in [1.29, 1.82) is 0 Å². The maximum Gasteiger partial charge on any atom is 0.138 e. The second kappa shape index (κ2) is 5.65. The summed E-state index contributed by atoms with van der Waals surface area (Å²) in [5.74, 6) is 0.254. The lowest BCUT2D eigenvalue weighted by molar-refractivity contribution is -0.0408. The Morgan fingerprint density at radius 3 is 3.11 bits per heavy atom. The van der Waals surface area contributed by atoms with Gasteiger partial charge in [-0.25, -0.2) is 0 Å². The third kappa shape index (κ3) is 3.19. The molecule has 1 aliphatic rings. The first-order valence-electron chi connectivity index (χ1n) is 6.31. The Kier molecular flexibility index (Phi) is 4.16. The number of nitrogens with zero attached hydrogens (tertiary/aromatic N) is 2. The van der Waals surface area contributed by atoms with Crippen LogP contribution < -0.4 is 5.73 Å². The maximum absolute atomic E-state index is 9.80. The molecule has 0 amide bonds. The molecule has 1 aromatic heterocycles. The van der Waals surface area contributed by atoms with Crippen molar-refractivity contribution in [1.82, 2.24) is 9.88 Å². The summed E-state index contributed by atoms with van der Waals surface area (Å²) in [6.07, 6.45) is 0.0608. The fraction of sp³-hybridized carbons (Fsp3) is 0.615. The van der Waals surface area contributed by atoms with Crippen LogP contribution in [-0.4, -0.2) is 46.8 Å². The fourth-order valence-electron chi connectivity index (χ4n) is 2.12. The zero-order chi connectivity index (χ0) is 13.1. The molecule has 0 saturated carbocycles. The highest BCUT2D eigenvalue weighted by molar-refractivity contribution is 5.27. The van der Waals surface area contributed by atoms with Gasteiger partial charge in [0.2, 0.25) is 0 Å². The fourth-order valence-corrected chi connectivity index (χ4v) is 2.12. The molecule has 0 spiro atoms. The lowest BCUT2D eigenvalue weighted by Crippen LogP contribution is -2.49. The number of pyridine rings is 1. The lowest BCUT2D eigenvalue weighted by atomic mass is 10.1. The molecular formula is C13H21N3O2. The Balaban J connectivity index is 2.02. The van der Waals surface area contributed by atoms with Gasteiger partial charge in [0.15, 0.2) is 0 Å². The second-order valence-electron chi connectivity index (χ2n) is 4.92. The highest BCUT2D eigenvalue weighted by atomic mass is 16.5. The molecule has 5 heteroatoms. The zero-order valence-electron chi connectivity index (χ0n) is 11.0. The van der Waals surface area contributed by atoms with E-state index in [9.17, 15) is 5.11 Å². The number of aromatic hydroxyl groups is 1. The number of morpholine rings is 1. The molecule has 1 fully saturated rings. The van der Waals surface area contributed by atoms with E-state index < -0.39 is 0 Å². The third-order valence-corrected chi connectivity index (χ3v) is 3.23. The van der Waals surface area contributed by atoms with Crippen LogP contribution in [0.5, 0.6) is 5.75 Å². The van der Waals surface area contributed by atoms with Gasteiger partial charge in [-0.2, -0.15) is 0 Å². The Morgan fingerprint density at radius 1 is 1.61 bits per heavy atom. The summed E-state index contributed by atoms with van der Waals surface area (Å²) in [6.45, 7) is 6.83. The van der Waals surface area contributed by atoms with Crippen LogP contribution in [0.2, 0.25) is 0 Å². The molecular weight excluding hydrogens is 230 g/mol. The van der Waals surface area contributed by atoms with E-state index in [-0.39, 0.29) is 17.9 Å². The number of hydrogen-bond acceptors (Lipinski definition) is 5. The molecule has 2 atom stereocenters. The van der Waals surface area contributed by atoms with Gasteiger partial charge in [-0.15, -0.1) is 0 Å². The van der Waals surface area contributed by atoms with E-state index >= 15 is 0 Å². The van der Waals surface area contributed by atoms with E-state index in [1.54, 1.807) is 6.07 Å². The van der Waals surface area contributed by atoms with Crippen molar-refractivity contribution in [3.05, 3.63) is 23.5 Å². The summed E-state index contributed by atoms with van der Waals surface area (Å²) < 4.78 is 5.61. The lowest BCUT2D eigenvalue weighted by Gasteiger charge is -2.34. The first kappa shape index (κ1) is 13.3. The van der Waals surface area contributed by atoms with Crippen molar-refractivity contribution in [2.45, 2.75) is 32.5 Å². The number of aromatic nitrogens is 1. The van der Waals surface area contributed by atoms with Crippen LogP contribution in [0.3, 0.4) is 0 Å². The van der Waals surface area contributed by atoms with Gasteiger partial charge < -0.3 is 15.6 Å². The standard InChI is InChI=1S/C13H21N3O2/c1-9-3-4-12(17)11(15-9)7-16-5-6-18-13(8-16)10(2)14/h3-4,10,13,17H,5-8,14H2,1-2H3. The van der Waals surface area contributed by atoms with Crippen molar-refractivity contribution in [3.8, 4) is 5.75 Å². The third-order valence-electron chi connectivity index (χ3n) is 3.23. The highest BCUT2D eigenvalue weighted by Crippen LogP contribution is 2.18. The predicted octanol–water partition coefficient (Wildman–Crippen LogP) is 0.644. The normalized spacial score (nSPS) is 22.9. The number of rotatable bonds is 3. The Hall–Kier alpha value is -1.17. The van der Waals surface area contributed by atoms with Crippen LogP contribution in [0, 0.1) is 6.92 Å². The summed E-state index contributed by atoms with van der Waals surface area (Å²) in [7, 11) is 0. The van der Waals surface area contributed by atoms with Gasteiger partial charge in [0.05, 0.1) is 18.4 Å². The van der Waals surface area contributed by atoms with E-state index in [0.717, 1.165) is 24.5 Å². The average Bonchev–Trinajstić information content (AvgIpc) is 2.34. The monoisotopic (exact) mass is 251 g/mol. The molecule has 0 bridgehead atoms. The molecule has 0 aliphatic carbocycles. The van der Waals surface area contributed by atoms with Gasteiger partial charge in [0.25, 0.3) is 0 Å². The second-order valence-corrected chi connectivity index (χ2v) is 4.92. The molecule has 3 N–H and O–H groups in total. The van der Waals surface area contributed by atoms with Gasteiger partial charge in [0, 0.05) is 31.4 Å². The van der Waals surface area contributed by atoms with Crippen LogP contribution in [0.25, 0.3) is 0 Å². The Labute approximate surface area is 108 Å². The van der Waals surface area contributed by atoms with Gasteiger partial charge in [-0.3, -0.25) is 9.88 Å². The van der Waals surface area contributed by atoms with Crippen molar-refractivity contribution < 1.29 is 9.84 Å². The van der Waals surface area contributed by atoms with Gasteiger partial charge in [-0.1, -0.05) is 0 Å². The summed E-state index contributed by atoms with van der Waals surface area (Å²) in [6, 6.07) is 3.52. The number of ether oxygens (including phenoxy) is 1. The molecule has 100 valence electrons. The largest absolute Gasteiger partial charge is 0.506 e. The van der Waals surface area contributed by atoms with E-state index in [1.807, 2.05) is 19.9 Å². The topological polar surface area (TPSA) is 71.6 Å². The SMILES string of the molecule is Cc1ccc(O)c(CN2CCOC(C(C)N)C2)n1. The zero-order valence-corrected chi connectivity index (χ0v) is 11.0. The maximum atomic E-state index is 9.80. The van der Waals surface area contributed by atoms with Gasteiger partial charge in [0.1, 0.15) is 5.75 Å².